The first-order chi connectivity index (χ1) is 9.95. The molecule has 0 aromatic heterocycles. The van der Waals surface area contributed by atoms with Crippen LogP contribution in [0.25, 0.3) is 0 Å². The van der Waals surface area contributed by atoms with Gasteiger partial charge in [0.05, 0.1) is 10.6 Å². The first-order valence-electron chi connectivity index (χ1n) is 5.77. The van der Waals surface area contributed by atoms with Crippen LogP contribution in [0.5, 0.6) is 0 Å². The molecular weight excluding hydrogens is 292 g/mol. The van der Waals surface area contributed by atoms with E-state index in [1.54, 1.807) is 18.2 Å². The van der Waals surface area contributed by atoms with Crippen molar-refractivity contribution < 1.29 is 13.3 Å². The second-order valence-electron chi connectivity index (χ2n) is 4.02. The number of nitrogens with zero attached hydrogens (tertiary/aromatic N) is 1. The van der Waals surface area contributed by atoms with E-state index in [1.807, 2.05) is 0 Å². The number of terminal acetylenes is 1. The van der Waals surface area contributed by atoms with Crippen LogP contribution >= 0.6 is 0 Å². The van der Waals surface area contributed by atoms with Crippen molar-refractivity contribution in [2.75, 3.05) is 4.72 Å². The minimum Gasteiger partial charge on any atom is -0.278 e. The summed E-state index contributed by atoms with van der Waals surface area (Å²) >= 11 is 0. The highest BCUT2D eigenvalue weighted by Crippen LogP contribution is 2.26. The van der Waals surface area contributed by atoms with Gasteiger partial charge < -0.3 is 0 Å². The Labute approximate surface area is 121 Å². The molecule has 2 rings (SSSR count). The quantitative estimate of drug-likeness (QED) is 0.533. The van der Waals surface area contributed by atoms with Crippen molar-refractivity contribution in [1.29, 1.82) is 0 Å². The van der Waals surface area contributed by atoms with Crippen molar-refractivity contribution in [3.8, 4) is 12.3 Å². The van der Waals surface area contributed by atoms with E-state index in [4.69, 9.17) is 6.42 Å². The van der Waals surface area contributed by atoms with Crippen LogP contribution in [0.3, 0.4) is 0 Å². The summed E-state index contributed by atoms with van der Waals surface area (Å²) in [7, 11) is -4.11. The fourth-order valence-corrected chi connectivity index (χ4v) is 2.99. The number of hydrogen-bond donors (Lipinski definition) is 1. The van der Waals surface area contributed by atoms with Gasteiger partial charge in [0.1, 0.15) is 0 Å². The average Bonchev–Trinajstić information content (AvgIpc) is 2.47. The zero-order chi connectivity index (χ0) is 15.5. The van der Waals surface area contributed by atoms with Gasteiger partial charge >= 0.3 is 0 Å². The Balaban J connectivity index is 2.50. The number of para-hydroxylation sites is 2. The summed E-state index contributed by atoms with van der Waals surface area (Å²) in [5.74, 6) is 2.35. The van der Waals surface area contributed by atoms with E-state index in [0.717, 1.165) is 6.07 Å². The van der Waals surface area contributed by atoms with Gasteiger partial charge in [0.2, 0.25) is 0 Å². The predicted molar refractivity (Wildman–Crippen MR) is 78.3 cm³/mol. The van der Waals surface area contributed by atoms with Crippen molar-refractivity contribution in [1.82, 2.24) is 0 Å². The molecule has 2 aromatic carbocycles. The van der Waals surface area contributed by atoms with Gasteiger partial charge in [-0.05, 0) is 18.2 Å². The first kappa shape index (κ1) is 14.6. The smallest absolute Gasteiger partial charge is 0.278 e. The summed E-state index contributed by atoms with van der Waals surface area (Å²) < 4.78 is 26.9. The van der Waals surface area contributed by atoms with Gasteiger partial charge in [-0.2, -0.15) is 0 Å². The van der Waals surface area contributed by atoms with Crippen LogP contribution < -0.4 is 4.72 Å². The Morgan fingerprint density at radius 2 is 1.71 bits per heavy atom. The molecule has 0 amide bonds. The van der Waals surface area contributed by atoms with Crippen molar-refractivity contribution in [2.24, 2.45) is 0 Å². The van der Waals surface area contributed by atoms with E-state index >= 15 is 0 Å². The molecule has 0 saturated heterocycles. The number of nitrogens with one attached hydrogen (secondary N) is 1. The highest BCUT2D eigenvalue weighted by Gasteiger charge is 2.25. The number of hydrogen-bond acceptors (Lipinski definition) is 4. The summed E-state index contributed by atoms with van der Waals surface area (Å²) in [6.45, 7) is 0. The van der Waals surface area contributed by atoms with Crippen LogP contribution in [0.4, 0.5) is 11.4 Å². The molecule has 0 saturated carbocycles. The Kier molecular flexibility index (Phi) is 3.91. The third kappa shape index (κ3) is 3.01. The summed E-state index contributed by atoms with van der Waals surface area (Å²) in [5, 5.41) is 10.9. The lowest BCUT2D eigenvalue weighted by molar-refractivity contribution is -0.387. The molecule has 0 atom stereocenters. The van der Waals surface area contributed by atoms with E-state index < -0.39 is 25.5 Å². The molecule has 0 aliphatic carbocycles. The maximum absolute atomic E-state index is 12.3. The molecule has 0 bridgehead atoms. The van der Waals surface area contributed by atoms with Gasteiger partial charge in [-0.25, -0.2) is 8.42 Å². The molecule has 0 aliphatic heterocycles. The number of rotatable bonds is 4. The SMILES string of the molecule is C#Cc1ccccc1NS(=O)(=O)c1ccccc1[N+](=O)[O-]. The number of nitro groups is 1. The molecule has 21 heavy (non-hydrogen) atoms. The first-order valence-corrected chi connectivity index (χ1v) is 7.26. The van der Waals surface area contributed by atoms with Gasteiger partial charge in [-0.15, -0.1) is 6.42 Å². The van der Waals surface area contributed by atoms with Crippen LogP contribution in [0, 0.1) is 22.5 Å². The summed E-state index contributed by atoms with van der Waals surface area (Å²) in [4.78, 5) is 9.76. The second-order valence-corrected chi connectivity index (χ2v) is 5.67. The molecule has 1 N–H and O–H groups in total. The lowest BCUT2D eigenvalue weighted by Crippen LogP contribution is -2.15. The highest BCUT2D eigenvalue weighted by molar-refractivity contribution is 7.92. The Morgan fingerprint density at radius 3 is 2.38 bits per heavy atom. The minimum absolute atomic E-state index is 0.193. The van der Waals surface area contributed by atoms with Gasteiger partial charge in [0.25, 0.3) is 15.7 Å². The molecule has 0 aliphatic rings. The molecule has 0 unspecified atom stereocenters. The predicted octanol–water partition coefficient (Wildman–Crippen LogP) is 2.38. The third-order valence-electron chi connectivity index (χ3n) is 2.68. The summed E-state index contributed by atoms with van der Waals surface area (Å²) in [5.41, 5.74) is 0.0426. The molecule has 0 fully saturated rings. The van der Waals surface area contributed by atoms with Gasteiger partial charge in [0, 0.05) is 11.6 Å². The van der Waals surface area contributed by atoms with Crippen molar-refractivity contribution >= 4 is 21.4 Å². The minimum atomic E-state index is -4.11. The average molecular weight is 302 g/mol. The number of sulfonamides is 1. The monoisotopic (exact) mass is 302 g/mol. The molecule has 6 nitrogen and oxygen atoms in total. The van der Waals surface area contributed by atoms with Crippen molar-refractivity contribution in [3.05, 3.63) is 64.2 Å². The Hall–Kier alpha value is -2.85. The van der Waals surface area contributed by atoms with Crippen LogP contribution in [-0.4, -0.2) is 13.3 Å². The summed E-state index contributed by atoms with van der Waals surface area (Å²) in [6.07, 6.45) is 5.29. The van der Waals surface area contributed by atoms with Crippen LogP contribution in [0.2, 0.25) is 0 Å². The fraction of sp³-hybridized carbons (Fsp3) is 0. The van der Waals surface area contributed by atoms with Crippen molar-refractivity contribution in [2.45, 2.75) is 4.90 Å². The maximum atomic E-state index is 12.3. The Bertz CT molecular complexity index is 838. The molecule has 7 heteroatoms. The number of nitro benzene ring substituents is 1. The topological polar surface area (TPSA) is 89.3 Å². The normalized spacial score (nSPS) is 10.6. The molecule has 0 spiro atoms. The van der Waals surface area contributed by atoms with Gasteiger partial charge in [-0.1, -0.05) is 30.2 Å². The molecular formula is C14H10N2O4S. The third-order valence-corrected chi connectivity index (χ3v) is 4.09. The molecule has 0 radical (unpaired) electrons. The van der Waals surface area contributed by atoms with Crippen LogP contribution in [0.15, 0.2) is 53.4 Å². The van der Waals surface area contributed by atoms with Crippen LogP contribution in [-0.2, 0) is 10.0 Å². The maximum Gasteiger partial charge on any atom is 0.289 e. The van der Waals surface area contributed by atoms with E-state index in [0.29, 0.717) is 5.56 Å². The second kappa shape index (κ2) is 5.64. The number of benzene rings is 2. The zero-order valence-corrected chi connectivity index (χ0v) is 11.5. The molecule has 0 heterocycles. The van der Waals surface area contributed by atoms with Crippen molar-refractivity contribution in [3.63, 3.8) is 0 Å². The van der Waals surface area contributed by atoms with Gasteiger partial charge in [0.15, 0.2) is 4.90 Å². The van der Waals surface area contributed by atoms with Gasteiger partial charge in [-0.3, -0.25) is 14.8 Å². The van der Waals surface area contributed by atoms with E-state index in [1.165, 1.54) is 24.3 Å². The lowest BCUT2D eigenvalue weighted by atomic mass is 10.2. The zero-order valence-electron chi connectivity index (χ0n) is 10.7. The van der Waals surface area contributed by atoms with E-state index in [-0.39, 0.29) is 5.69 Å². The molecule has 106 valence electrons. The lowest BCUT2D eigenvalue weighted by Gasteiger charge is -2.09. The molecule has 2 aromatic rings. The van der Waals surface area contributed by atoms with E-state index in [2.05, 4.69) is 10.6 Å². The summed E-state index contributed by atoms with van der Waals surface area (Å²) in [6, 6.07) is 11.4. The fourth-order valence-electron chi connectivity index (χ4n) is 1.73. The largest absolute Gasteiger partial charge is 0.289 e. The van der Waals surface area contributed by atoms with E-state index in [9.17, 15) is 18.5 Å². The Morgan fingerprint density at radius 1 is 1.10 bits per heavy atom. The highest BCUT2D eigenvalue weighted by atomic mass is 32.2. The number of anilines is 1. The van der Waals surface area contributed by atoms with Crippen LogP contribution in [0.1, 0.15) is 5.56 Å². The standard InChI is InChI=1S/C14H10N2O4S/c1-2-11-7-3-4-8-12(11)15-21(19,20)14-10-6-5-9-13(14)16(17)18/h1,3-10,15H.